The third kappa shape index (κ3) is 3.53. The zero-order chi connectivity index (χ0) is 19.0. The molecule has 0 spiro atoms. The van der Waals surface area contributed by atoms with E-state index in [1.54, 1.807) is 0 Å². The van der Waals surface area contributed by atoms with E-state index in [1.165, 1.54) is 25.3 Å². The number of hydrogen-bond acceptors (Lipinski definition) is 3. The summed E-state index contributed by atoms with van der Waals surface area (Å²) in [5, 5.41) is 0. The number of hydrogen-bond donors (Lipinski definition) is 1. The molecule has 3 atom stereocenters. The predicted octanol–water partition coefficient (Wildman–Crippen LogP) is 5.03. The Kier molecular flexibility index (Phi) is 5.28. The van der Waals surface area contributed by atoms with Gasteiger partial charge in [-0.15, -0.1) is 0 Å². The molecule has 0 heterocycles. The van der Waals surface area contributed by atoms with Gasteiger partial charge in [0.05, 0.1) is 5.92 Å². The van der Waals surface area contributed by atoms with Crippen molar-refractivity contribution < 1.29 is 13.9 Å². The molecule has 4 rings (SSSR count). The van der Waals surface area contributed by atoms with Crippen molar-refractivity contribution in [2.45, 2.75) is 89.0 Å². The van der Waals surface area contributed by atoms with Crippen molar-refractivity contribution in [2.75, 3.05) is 0 Å². The number of benzene rings is 1. The smallest absolute Gasteiger partial charge is 0.314 e. The van der Waals surface area contributed by atoms with Crippen LogP contribution in [0.3, 0.4) is 0 Å². The Bertz CT molecular complexity index is 713. The Balaban J connectivity index is 1.65. The first-order valence-electron chi connectivity index (χ1n) is 10.8. The van der Waals surface area contributed by atoms with Gasteiger partial charge < -0.3 is 10.5 Å². The Morgan fingerprint density at radius 2 is 1.81 bits per heavy atom. The van der Waals surface area contributed by atoms with Gasteiger partial charge in [-0.25, -0.2) is 4.39 Å². The SMILES string of the molecule is C[C@@]12CCCCCC(Cc3c(F)cc(OC(=O)C4CCCCC4)cc31)[C@@H]2N. The number of carbonyl (C=O) groups excluding carboxylic acids is 1. The van der Waals surface area contributed by atoms with Gasteiger partial charge >= 0.3 is 5.97 Å². The van der Waals surface area contributed by atoms with Crippen molar-refractivity contribution in [1.82, 2.24) is 0 Å². The molecule has 0 aromatic heterocycles. The van der Waals surface area contributed by atoms with Gasteiger partial charge in [-0.3, -0.25) is 4.79 Å². The minimum absolute atomic E-state index is 0.0361. The standard InChI is InChI=1S/C23H32FNO2/c1-23-11-7-3-6-10-16(21(23)25)12-18-19(23)13-17(14-20(18)24)27-22(26)15-8-4-2-5-9-15/h13-16,21H,2-12,25H2,1H3/t16?,21-,23+/m0/s1. The van der Waals surface area contributed by atoms with Gasteiger partial charge in [0.25, 0.3) is 0 Å². The quantitative estimate of drug-likeness (QED) is 0.584. The zero-order valence-corrected chi connectivity index (χ0v) is 16.4. The molecule has 0 saturated heterocycles. The molecule has 148 valence electrons. The van der Waals surface area contributed by atoms with Crippen LogP contribution in [0.1, 0.15) is 82.3 Å². The van der Waals surface area contributed by atoms with Crippen molar-refractivity contribution in [3.63, 3.8) is 0 Å². The number of fused-ring (bicyclic) bond motifs is 4. The molecule has 0 aliphatic heterocycles. The van der Waals surface area contributed by atoms with Gasteiger partial charge in [-0.05, 0) is 55.2 Å². The van der Waals surface area contributed by atoms with Crippen LogP contribution >= 0.6 is 0 Å². The fourth-order valence-electron chi connectivity index (χ4n) is 5.67. The van der Waals surface area contributed by atoms with Crippen molar-refractivity contribution >= 4 is 5.97 Å². The maximum absolute atomic E-state index is 15.0. The van der Waals surface area contributed by atoms with E-state index in [1.807, 2.05) is 6.07 Å². The molecular formula is C23H32FNO2. The summed E-state index contributed by atoms with van der Waals surface area (Å²) in [6.45, 7) is 2.18. The molecule has 27 heavy (non-hydrogen) atoms. The second-order valence-corrected chi connectivity index (χ2v) is 9.19. The van der Waals surface area contributed by atoms with Crippen LogP contribution in [0, 0.1) is 17.7 Å². The Labute approximate surface area is 161 Å². The number of carbonyl (C=O) groups is 1. The van der Waals surface area contributed by atoms with Crippen molar-refractivity contribution in [2.24, 2.45) is 17.6 Å². The Morgan fingerprint density at radius 3 is 2.59 bits per heavy atom. The Morgan fingerprint density at radius 1 is 1.11 bits per heavy atom. The molecule has 0 radical (unpaired) electrons. The van der Waals surface area contributed by atoms with Crippen LogP contribution in [0.4, 0.5) is 4.39 Å². The highest BCUT2D eigenvalue weighted by Gasteiger charge is 2.45. The summed E-state index contributed by atoms with van der Waals surface area (Å²) < 4.78 is 20.7. The molecule has 0 amide bonds. The lowest BCUT2D eigenvalue weighted by Gasteiger charge is -2.47. The van der Waals surface area contributed by atoms with Crippen LogP contribution < -0.4 is 10.5 Å². The van der Waals surface area contributed by atoms with E-state index in [0.29, 0.717) is 18.1 Å². The van der Waals surface area contributed by atoms with Gasteiger partial charge in [0.1, 0.15) is 11.6 Å². The zero-order valence-electron chi connectivity index (χ0n) is 16.4. The van der Waals surface area contributed by atoms with E-state index in [2.05, 4.69) is 6.92 Å². The minimum Gasteiger partial charge on any atom is -0.426 e. The number of esters is 1. The van der Waals surface area contributed by atoms with Crippen molar-refractivity contribution in [1.29, 1.82) is 0 Å². The van der Waals surface area contributed by atoms with Crippen LogP contribution in [-0.4, -0.2) is 12.0 Å². The first-order valence-corrected chi connectivity index (χ1v) is 10.8. The molecule has 2 saturated carbocycles. The van der Waals surface area contributed by atoms with Crippen molar-refractivity contribution in [3.8, 4) is 5.75 Å². The van der Waals surface area contributed by atoms with E-state index >= 15 is 4.39 Å². The number of ether oxygens (including phenoxy) is 1. The minimum atomic E-state index is -0.243. The molecule has 1 aromatic carbocycles. The molecule has 3 aliphatic carbocycles. The third-order valence-corrected chi connectivity index (χ3v) is 7.42. The van der Waals surface area contributed by atoms with E-state index in [0.717, 1.165) is 56.1 Å². The summed E-state index contributed by atoms with van der Waals surface area (Å²) in [5.74, 6) is 0.225. The molecule has 2 fully saturated rings. The van der Waals surface area contributed by atoms with Gasteiger partial charge in [-0.1, -0.05) is 45.4 Å². The summed E-state index contributed by atoms with van der Waals surface area (Å²) in [6, 6.07) is 3.37. The fourth-order valence-corrected chi connectivity index (χ4v) is 5.67. The molecule has 1 unspecified atom stereocenters. The van der Waals surface area contributed by atoms with Gasteiger partial charge in [0, 0.05) is 17.5 Å². The van der Waals surface area contributed by atoms with E-state index in [9.17, 15) is 4.79 Å². The van der Waals surface area contributed by atoms with Crippen LogP contribution in [0.2, 0.25) is 0 Å². The molecule has 2 bridgehead atoms. The molecule has 3 aliphatic rings. The second-order valence-electron chi connectivity index (χ2n) is 9.19. The van der Waals surface area contributed by atoms with Gasteiger partial charge in [-0.2, -0.15) is 0 Å². The predicted molar refractivity (Wildman–Crippen MR) is 104 cm³/mol. The van der Waals surface area contributed by atoms with E-state index in [4.69, 9.17) is 10.5 Å². The number of nitrogens with two attached hydrogens (primary N) is 1. The van der Waals surface area contributed by atoms with Crippen LogP contribution in [0.15, 0.2) is 12.1 Å². The highest BCUT2D eigenvalue weighted by atomic mass is 19.1. The first kappa shape index (κ1) is 18.9. The average molecular weight is 374 g/mol. The molecule has 3 nitrogen and oxygen atoms in total. The molecule has 2 N–H and O–H groups in total. The molecule has 4 heteroatoms. The van der Waals surface area contributed by atoms with Crippen molar-refractivity contribution in [3.05, 3.63) is 29.1 Å². The third-order valence-electron chi connectivity index (χ3n) is 7.42. The maximum Gasteiger partial charge on any atom is 0.314 e. The lowest BCUT2D eigenvalue weighted by Crippen LogP contribution is -2.53. The van der Waals surface area contributed by atoms with Gasteiger partial charge in [0.15, 0.2) is 0 Å². The van der Waals surface area contributed by atoms with Crippen LogP contribution in [-0.2, 0) is 16.6 Å². The fraction of sp³-hybridized carbons (Fsp3) is 0.696. The van der Waals surface area contributed by atoms with Crippen LogP contribution in [0.5, 0.6) is 5.75 Å². The topological polar surface area (TPSA) is 52.3 Å². The lowest BCUT2D eigenvalue weighted by molar-refractivity contribution is -0.140. The second kappa shape index (κ2) is 7.54. The van der Waals surface area contributed by atoms with E-state index in [-0.39, 0.29) is 29.2 Å². The molecular weight excluding hydrogens is 341 g/mol. The highest BCUT2D eigenvalue weighted by molar-refractivity contribution is 5.75. The summed E-state index contributed by atoms with van der Waals surface area (Å²) in [4.78, 5) is 12.5. The summed E-state index contributed by atoms with van der Waals surface area (Å²) >= 11 is 0. The normalized spacial score (nSPS) is 31.5. The summed E-state index contributed by atoms with van der Waals surface area (Å²) in [7, 11) is 0. The summed E-state index contributed by atoms with van der Waals surface area (Å²) in [6.07, 6.45) is 11.4. The Hall–Kier alpha value is -1.42. The van der Waals surface area contributed by atoms with Gasteiger partial charge in [0.2, 0.25) is 0 Å². The largest absolute Gasteiger partial charge is 0.426 e. The summed E-state index contributed by atoms with van der Waals surface area (Å²) in [5.41, 5.74) is 8.21. The maximum atomic E-state index is 15.0. The average Bonchev–Trinajstić information content (AvgIpc) is 2.66. The first-order chi connectivity index (χ1) is 13.0. The monoisotopic (exact) mass is 373 g/mol. The molecule has 1 aromatic rings. The number of halogens is 1. The number of rotatable bonds is 2. The lowest BCUT2D eigenvalue weighted by atomic mass is 9.60. The van der Waals surface area contributed by atoms with Crippen LogP contribution in [0.25, 0.3) is 0 Å². The van der Waals surface area contributed by atoms with E-state index < -0.39 is 0 Å². The highest BCUT2D eigenvalue weighted by Crippen LogP contribution is 2.47.